The molecule has 0 unspecified atom stereocenters. The Balaban J connectivity index is 2.12. The van der Waals surface area contributed by atoms with Crippen molar-refractivity contribution in [3.8, 4) is 0 Å². The average Bonchev–Trinajstić information content (AvgIpc) is 2.77. The van der Waals surface area contributed by atoms with Crippen molar-refractivity contribution in [3.63, 3.8) is 0 Å². The number of thiophene rings is 1. The molecule has 0 bridgehead atoms. The third kappa shape index (κ3) is 3.42. The fourth-order valence-electron chi connectivity index (χ4n) is 1.77. The van der Waals surface area contributed by atoms with Gasteiger partial charge in [-0.05, 0) is 63.6 Å². The zero-order valence-electron chi connectivity index (χ0n) is 10.6. The minimum absolute atomic E-state index is 0.106. The Morgan fingerprint density at radius 2 is 2.16 bits per heavy atom. The normalized spacial score (nSPS) is 10.5. The topological polar surface area (TPSA) is 20.3 Å². The molecule has 2 rings (SSSR count). The molecule has 0 aliphatic heterocycles. The molecule has 0 saturated heterocycles. The minimum atomic E-state index is -0.291. The average molecular weight is 342 g/mol. The van der Waals surface area contributed by atoms with Gasteiger partial charge in [-0.25, -0.2) is 4.39 Å². The lowest BCUT2D eigenvalue weighted by Crippen LogP contribution is -2.26. The Hall–Kier alpha value is -1.20. The summed E-state index contributed by atoms with van der Waals surface area (Å²) in [5, 5.41) is 2.00. The van der Waals surface area contributed by atoms with Crippen LogP contribution >= 0.6 is 27.3 Å². The molecular weight excluding hydrogens is 329 g/mol. The molecule has 0 spiro atoms. The summed E-state index contributed by atoms with van der Waals surface area (Å²) in [7, 11) is 1.74. The first kappa shape index (κ1) is 14.2. The molecule has 1 heterocycles. The van der Waals surface area contributed by atoms with Crippen LogP contribution in [0.15, 0.2) is 33.4 Å². The molecule has 2 aromatic rings. The summed E-state index contributed by atoms with van der Waals surface area (Å²) in [6.45, 7) is 2.19. The fraction of sp³-hybridized carbons (Fsp3) is 0.214. The van der Waals surface area contributed by atoms with Crippen LogP contribution in [0.4, 0.5) is 4.39 Å². The Morgan fingerprint density at radius 3 is 2.74 bits per heavy atom. The van der Waals surface area contributed by atoms with E-state index in [0.29, 0.717) is 17.7 Å². The molecule has 0 aliphatic carbocycles. The molecule has 0 fully saturated rings. The summed E-state index contributed by atoms with van der Waals surface area (Å²) >= 11 is 4.98. The van der Waals surface area contributed by atoms with Crippen LogP contribution in [0.5, 0.6) is 0 Å². The highest BCUT2D eigenvalue weighted by Gasteiger charge is 2.13. The van der Waals surface area contributed by atoms with E-state index >= 15 is 0 Å². The smallest absolute Gasteiger partial charge is 0.253 e. The monoisotopic (exact) mass is 341 g/mol. The molecule has 0 N–H and O–H groups in total. The molecule has 0 atom stereocenters. The lowest BCUT2D eigenvalue weighted by molar-refractivity contribution is 0.0785. The van der Waals surface area contributed by atoms with Crippen molar-refractivity contribution in [1.29, 1.82) is 0 Å². The Labute approximate surface area is 124 Å². The van der Waals surface area contributed by atoms with Crippen molar-refractivity contribution < 1.29 is 9.18 Å². The third-order valence-corrected chi connectivity index (χ3v) is 4.35. The Morgan fingerprint density at radius 1 is 1.42 bits per heavy atom. The molecular formula is C14H13BrFNOS. The highest BCUT2D eigenvalue weighted by molar-refractivity contribution is 9.11. The van der Waals surface area contributed by atoms with E-state index in [9.17, 15) is 9.18 Å². The molecule has 100 valence electrons. The Bertz CT molecular complexity index is 611. The van der Waals surface area contributed by atoms with E-state index in [1.807, 2.05) is 11.4 Å². The van der Waals surface area contributed by atoms with Crippen LogP contribution in [-0.2, 0) is 6.54 Å². The van der Waals surface area contributed by atoms with E-state index < -0.39 is 0 Å². The quantitative estimate of drug-likeness (QED) is 0.817. The number of nitrogens with zero attached hydrogens (tertiary/aromatic N) is 1. The molecule has 0 saturated carbocycles. The van der Waals surface area contributed by atoms with E-state index in [0.717, 1.165) is 9.35 Å². The van der Waals surface area contributed by atoms with Crippen LogP contribution in [-0.4, -0.2) is 17.9 Å². The summed E-state index contributed by atoms with van der Waals surface area (Å²) < 4.78 is 14.2. The van der Waals surface area contributed by atoms with E-state index in [1.165, 1.54) is 12.1 Å². The molecule has 19 heavy (non-hydrogen) atoms. The van der Waals surface area contributed by atoms with Gasteiger partial charge >= 0.3 is 0 Å². The van der Waals surface area contributed by atoms with Crippen LogP contribution in [0.3, 0.4) is 0 Å². The second kappa shape index (κ2) is 5.84. The van der Waals surface area contributed by atoms with Crippen molar-refractivity contribution in [1.82, 2.24) is 4.90 Å². The van der Waals surface area contributed by atoms with Gasteiger partial charge in [-0.2, -0.15) is 0 Å². The van der Waals surface area contributed by atoms with Crippen molar-refractivity contribution in [3.05, 3.63) is 55.9 Å². The molecule has 0 aliphatic rings. The number of hydrogen-bond donors (Lipinski definition) is 0. The van der Waals surface area contributed by atoms with Crippen molar-refractivity contribution >= 4 is 33.2 Å². The number of aryl methyl sites for hydroxylation is 1. The summed E-state index contributed by atoms with van der Waals surface area (Å²) in [5.74, 6) is -0.397. The summed E-state index contributed by atoms with van der Waals surface area (Å²) in [5.41, 5.74) is 2.07. The Kier molecular flexibility index (Phi) is 4.37. The summed E-state index contributed by atoms with van der Waals surface area (Å²) in [4.78, 5) is 13.8. The molecule has 5 heteroatoms. The largest absolute Gasteiger partial charge is 0.337 e. The van der Waals surface area contributed by atoms with E-state index in [2.05, 4.69) is 15.9 Å². The van der Waals surface area contributed by atoms with E-state index in [-0.39, 0.29) is 11.7 Å². The summed E-state index contributed by atoms with van der Waals surface area (Å²) in [6, 6.07) is 6.42. The van der Waals surface area contributed by atoms with Gasteiger partial charge in [0.05, 0.1) is 3.79 Å². The van der Waals surface area contributed by atoms with Gasteiger partial charge in [-0.1, -0.05) is 0 Å². The fourth-order valence-corrected chi connectivity index (χ4v) is 2.97. The minimum Gasteiger partial charge on any atom is -0.337 e. The van der Waals surface area contributed by atoms with Gasteiger partial charge in [0.25, 0.3) is 5.91 Å². The number of rotatable bonds is 3. The second-order valence-corrected chi connectivity index (χ2v) is 6.67. The van der Waals surface area contributed by atoms with Crippen LogP contribution in [0.1, 0.15) is 21.5 Å². The molecule has 2 nitrogen and oxygen atoms in total. The highest BCUT2D eigenvalue weighted by Crippen LogP contribution is 2.22. The first-order valence-electron chi connectivity index (χ1n) is 5.72. The number of halogens is 2. The van der Waals surface area contributed by atoms with Gasteiger partial charge < -0.3 is 4.90 Å². The first-order chi connectivity index (χ1) is 8.97. The first-order valence-corrected chi connectivity index (χ1v) is 7.39. The SMILES string of the molecule is Cc1cc(C(=O)N(C)Cc2csc(Br)c2)ccc1F. The van der Waals surface area contributed by atoms with E-state index in [1.54, 1.807) is 36.3 Å². The number of hydrogen-bond acceptors (Lipinski definition) is 2. The maximum absolute atomic E-state index is 13.2. The summed E-state index contributed by atoms with van der Waals surface area (Å²) in [6.07, 6.45) is 0. The third-order valence-electron chi connectivity index (χ3n) is 2.79. The van der Waals surface area contributed by atoms with Gasteiger partial charge in [0.15, 0.2) is 0 Å². The van der Waals surface area contributed by atoms with Crippen LogP contribution < -0.4 is 0 Å². The standard InChI is InChI=1S/C14H13BrFNOS/c1-9-5-11(3-4-12(9)16)14(18)17(2)7-10-6-13(15)19-8-10/h3-6,8H,7H2,1-2H3. The lowest BCUT2D eigenvalue weighted by Gasteiger charge is -2.16. The number of carbonyl (C=O) groups excluding carboxylic acids is 1. The highest BCUT2D eigenvalue weighted by atomic mass is 79.9. The van der Waals surface area contributed by atoms with E-state index in [4.69, 9.17) is 0 Å². The predicted octanol–water partition coefficient (Wildman–Crippen LogP) is 4.23. The van der Waals surface area contributed by atoms with Gasteiger partial charge in [0.1, 0.15) is 5.82 Å². The van der Waals surface area contributed by atoms with Crippen molar-refractivity contribution in [2.45, 2.75) is 13.5 Å². The molecule has 1 amide bonds. The second-order valence-electron chi connectivity index (χ2n) is 4.38. The zero-order chi connectivity index (χ0) is 14.0. The van der Waals surface area contributed by atoms with Gasteiger partial charge in [-0.3, -0.25) is 4.79 Å². The van der Waals surface area contributed by atoms with Crippen molar-refractivity contribution in [2.75, 3.05) is 7.05 Å². The number of carbonyl (C=O) groups is 1. The predicted molar refractivity (Wildman–Crippen MR) is 79.0 cm³/mol. The van der Waals surface area contributed by atoms with Gasteiger partial charge in [-0.15, -0.1) is 11.3 Å². The van der Waals surface area contributed by atoms with Crippen LogP contribution in [0.2, 0.25) is 0 Å². The van der Waals surface area contributed by atoms with Crippen molar-refractivity contribution in [2.24, 2.45) is 0 Å². The maximum atomic E-state index is 13.2. The van der Waals surface area contributed by atoms with Gasteiger partial charge in [0, 0.05) is 19.2 Å². The number of benzene rings is 1. The molecule has 1 aromatic carbocycles. The molecule has 1 aromatic heterocycles. The maximum Gasteiger partial charge on any atom is 0.253 e. The zero-order valence-corrected chi connectivity index (χ0v) is 13.0. The van der Waals surface area contributed by atoms with Crippen LogP contribution in [0.25, 0.3) is 0 Å². The molecule has 0 radical (unpaired) electrons. The lowest BCUT2D eigenvalue weighted by atomic mass is 10.1. The van der Waals surface area contributed by atoms with Gasteiger partial charge in [0.2, 0.25) is 0 Å². The number of amides is 1. The van der Waals surface area contributed by atoms with Crippen LogP contribution in [0, 0.1) is 12.7 Å².